The Morgan fingerprint density at radius 2 is 0.585 bits per heavy atom. The smallest absolute Gasteiger partial charge is 0.417 e. The predicted molar refractivity (Wildman–Crippen MR) is 117 cm³/mol. The van der Waals surface area contributed by atoms with E-state index in [1.54, 1.807) is 0 Å². The van der Waals surface area contributed by atoms with E-state index in [0.29, 0.717) is 48.6 Å². The summed E-state index contributed by atoms with van der Waals surface area (Å²) in [5, 5.41) is 0. The summed E-state index contributed by atoms with van der Waals surface area (Å²) in [7, 11) is 0. The van der Waals surface area contributed by atoms with Crippen LogP contribution in [0.2, 0.25) is 0 Å². The van der Waals surface area contributed by atoms with E-state index in [1.807, 2.05) is 0 Å². The van der Waals surface area contributed by atoms with E-state index in [1.165, 1.54) is 0 Å². The Hall–Kier alpha value is -3.62. The van der Waals surface area contributed by atoms with Crippen LogP contribution in [0, 0.1) is 0 Å². The molecule has 0 radical (unpaired) electrons. The van der Waals surface area contributed by atoms with Crippen molar-refractivity contribution in [2.75, 3.05) is 0 Å². The fourth-order valence-electron chi connectivity index (χ4n) is 4.25. The van der Waals surface area contributed by atoms with Gasteiger partial charge in [0, 0.05) is 19.5 Å². The zero-order chi connectivity index (χ0) is 29.4. The summed E-state index contributed by atoms with van der Waals surface area (Å²) < 4.78 is 168. The molecule has 0 spiro atoms. The van der Waals surface area contributed by atoms with E-state index in [9.17, 15) is 52.7 Å². The van der Waals surface area contributed by atoms with Gasteiger partial charge in [0.2, 0.25) is 0 Å². The molecule has 5 heterocycles. The van der Waals surface area contributed by atoms with Crippen molar-refractivity contribution in [3.8, 4) is 0 Å². The summed E-state index contributed by atoms with van der Waals surface area (Å²) in [5.41, 5.74) is -15.9. The fourth-order valence-corrected chi connectivity index (χ4v) is 4.25. The summed E-state index contributed by atoms with van der Waals surface area (Å²) in [6, 6.07) is 2.14. The zero-order valence-electron chi connectivity index (χ0n) is 19.7. The first-order chi connectivity index (χ1) is 18.4. The quantitative estimate of drug-likeness (QED) is 0.127. The van der Waals surface area contributed by atoms with Gasteiger partial charge in [0.25, 0.3) is 0 Å². The van der Waals surface area contributed by atoms with Crippen LogP contribution in [0.3, 0.4) is 0 Å². The monoisotopic (exact) mass is 644 g/mol. The first kappa shape index (κ1) is 30.3. The Labute approximate surface area is 232 Å². The van der Waals surface area contributed by atoms with Gasteiger partial charge in [0.1, 0.15) is 0 Å². The van der Waals surface area contributed by atoms with Crippen molar-refractivity contribution in [2.45, 2.75) is 24.7 Å². The van der Waals surface area contributed by atoms with Crippen molar-refractivity contribution in [1.82, 2.24) is 19.9 Å². The average Bonchev–Trinajstić information content (AvgIpc) is 3.55. The van der Waals surface area contributed by atoms with E-state index in [2.05, 4.69) is 19.9 Å². The molecule has 0 amide bonds. The van der Waals surface area contributed by atoms with Crippen LogP contribution in [-0.4, -0.2) is 9.97 Å². The van der Waals surface area contributed by atoms with Gasteiger partial charge in [0.15, 0.2) is 0 Å². The molecule has 3 aromatic rings. The van der Waals surface area contributed by atoms with E-state index < -0.39 is 91.8 Å². The molecule has 0 aliphatic carbocycles. The molecule has 4 nitrogen and oxygen atoms in total. The minimum atomic E-state index is -5.34. The largest absolute Gasteiger partial charge is 0.657 e. The Morgan fingerprint density at radius 1 is 0.390 bits per heavy atom. The molecule has 2 aliphatic heterocycles. The summed E-state index contributed by atoms with van der Waals surface area (Å²) in [4.78, 5) is 13.5. The van der Waals surface area contributed by atoms with Gasteiger partial charge in [0.05, 0.1) is 45.0 Å². The van der Waals surface area contributed by atoms with Crippen molar-refractivity contribution in [2.24, 2.45) is 0 Å². The summed E-state index contributed by atoms with van der Waals surface area (Å²) in [6.07, 6.45) is -19.2. The average molecular weight is 646 g/mol. The molecule has 0 atom stereocenters. The van der Waals surface area contributed by atoms with Gasteiger partial charge in [-0.3, -0.25) is 0 Å². The number of hydrogen-bond donors (Lipinski definition) is 0. The van der Waals surface area contributed by atoms with Gasteiger partial charge in [-0.2, -0.15) is 52.7 Å². The van der Waals surface area contributed by atoms with Gasteiger partial charge in [-0.1, -0.05) is 24.3 Å². The molecular formula is C24H8F12N4Zn-2. The molecule has 0 saturated carbocycles. The third-order valence-corrected chi connectivity index (χ3v) is 5.74. The van der Waals surface area contributed by atoms with Crippen molar-refractivity contribution in [1.29, 1.82) is 0 Å². The van der Waals surface area contributed by atoms with E-state index in [0.717, 1.165) is 0 Å². The van der Waals surface area contributed by atoms with Crippen LogP contribution in [0.5, 0.6) is 0 Å². The zero-order valence-corrected chi connectivity index (χ0v) is 22.6. The minimum Gasteiger partial charge on any atom is -0.657 e. The molecule has 0 unspecified atom stereocenters. The second kappa shape index (κ2) is 9.74. The normalized spacial score (nSPS) is 14.0. The maximum atomic E-state index is 14.0. The maximum absolute atomic E-state index is 14.0. The second-order valence-corrected chi connectivity index (χ2v) is 8.35. The van der Waals surface area contributed by atoms with Gasteiger partial charge in [-0.15, -0.1) is 22.1 Å². The molecule has 2 aliphatic rings. The summed E-state index contributed by atoms with van der Waals surface area (Å²) in [5.74, 6) is 0. The SMILES string of the molecule is FC(F)(F)c1c2nc(c(C(F)(F)F)c3ccc([n-]3)c(C(F)(F)F)c3nc(c(C(F)(F)F)c4ccc1[n-]4)C=C3)C=C2.[Zn]. The van der Waals surface area contributed by atoms with E-state index >= 15 is 0 Å². The Morgan fingerprint density at radius 3 is 0.756 bits per heavy atom. The molecule has 41 heavy (non-hydrogen) atoms. The van der Waals surface area contributed by atoms with Crippen molar-refractivity contribution < 1.29 is 72.2 Å². The van der Waals surface area contributed by atoms with Gasteiger partial charge < -0.3 is 9.97 Å². The third-order valence-electron chi connectivity index (χ3n) is 5.74. The fraction of sp³-hybridized carbons (Fsp3) is 0.167. The van der Waals surface area contributed by atoms with Crippen LogP contribution in [0.15, 0.2) is 24.3 Å². The van der Waals surface area contributed by atoms with Crippen molar-refractivity contribution in [3.05, 3.63) is 69.3 Å². The molecule has 8 bridgehead atoms. The molecule has 212 valence electrons. The number of halogens is 12. The van der Waals surface area contributed by atoms with Crippen molar-refractivity contribution in [3.63, 3.8) is 0 Å². The van der Waals surface area contributed by atoms with Gasteiger partial charge in [-0.05, 0) is 24.3 Å². The minimum absolute atomic E-state index is 0. The van der Waals surface area contributed by atoms with Gasteiger partial charge >= 0.3 is 24.7 Å². The molecule has 0 saturated heterocycles. The standard InChI is InChI=1S/C24H8F12N4.Zn/c25-21(26,27)17-9-1-2-10(37-9)18(22(28,29)30)12-5-6-14(39-12)20(24(34,35)36)16-8-7-15(40-16)19(23(31,32)33)13-4-3-11(17)38-13;/h1-8H;/q-2;. The van der Waals surface area contributed by atoms with Crippen LogP contribution in [-0.2, 0) is 44.2 Å². The third kappa shape index (κ3) is 5.51. The molecule has 0 aromatic carbocycles. The molecule has 17 heteroatoms. The number of nitrogens with zero attached hydrogens (tertiary/aromatic N) is 4. The number of hydrogen-bond acceptors (Lipinski definition) is 2. The van der Waals surface area contributed by atoms with Crippen LogP contribution in [0.25, 0.3) is 46.4 Å². The first-order valence-electron chi connectivity index (χ1n) is 10.7. The Balaban J connectivity index is 0.00000387. The topological polar surface area (TPSA) is 54.0 Å². The number of aromatic nitrogens is 4. The number of rotatable bonds is 0. The molecule has 5 rings (SSSR count). The number of alkyl halides is 12. The van der Waals surface area contributed by atoms with E-state index in [4.69, 9.17) is 0 Å². The summed E-state index contributed by atoms with van der Waals surface area (Å²) in [6.45, 7) is 0. The number of fused-ring (bicyclic) bond motifs is 8. The molecular weight excluding hydrogens is 638 g/mol. The van der Waals surface area contributed by atoms with Crippen LogP contribution < -0.4 is 9.97 Å². The maximum Gasteiger partial charge on any atom is 0.417 e. The molecule has 0 N–H and O–H groups in total. The van der Waals surface area contributed by atoms with Crippen molar-refractivity contribution >= 4 is 46.4 Å². The van der Waals surface area contributed by atoms with Crippen LogP contribution >= 0.6 is 0 Å². The van der Waals surface area contributed by atoms with E-state index in [-0.39, 0.29) is 19.5 Å². The van der Waals surface area contributed by atoms with Crippen LogP contribution in [0.4, 0.5) is 52.7 Å². The summed E-state index contributed by atoms with van der Waals surface area (Å²) >= 11 is 0. The van der Waals surface area contributed by atoms with Gasteiger partial charge in [-0.25, -0.2) is 9.97 Å². The Kier molecular flexibility index (Phi) is 7.21. The predicted octanol–water partition coefficient (Wildman–Crippen LogP) is 7.99. The Bertz CT molecular complexity index is 1500. The second-order valence-electron chi connectivity index (χ2n) is 8.35. The first-order valence-corrected chi connectivity index (χ1v) is 10.7. The van der Waals surface area contributed by atoms with Crippen LogP contribution in [0.1, 0.15) is 45.0 Å². The molecule has 3 aromatic heterocycles. The molecule has 0 fully saturated rings.